The van der Waals surface area contributed by atoms with Crippen LogP contribution in [0.25, 0.3) is 0 Å². The van der Waals surface area contributed by atoms with Crippen LogP contribution in [-0.4, -0.2) is 24.5 Å². The smallest absolute Gasteiger partial charge is 0.0248 e. The second-order valence-corrected chi connectivity index (χ2v) is 6.72. The Morgan fingerprint density at radius 1 is 1.05 bits per heavy atom. The number of hydrogen-bond donors (Lipinski definition) is 1. The first-order valence-electron chi connectivity index (χ1n) is 7.82. The Morgan fingerprint density at radius 3 is 2.38 bits per heavy atom. The third-order valence-electron chi connectivity index (χ3n) is 4.10. The maximum absolute atomic E-state index is 3.20. The van der Waals surface area contributed by atoms with Gasteiger partial charge in [-0.2, -0.15) is 11.3 Å². The van der Waals surface area contributed by atoms with Crippen molar-refractivity contribution in [1.82, 2.24) is 10.2 Å². The average molecular weight is 300 g/mol. The van der Waals surface area contributed by atoms with E-state index >= 15 is 0 Å². The first-order valence-corrected chi connectivity index (χ1v) is 8.77. The molecule has 0 spiro atoms. The molecule has 0 saturated heterocycles. The first kappa shape index (κ1) is 14.8. The molecule has 1 aromatic heterocycles. The van der Waals surface area contributed by atoms with Gasteiger partial charge in [0.25, 0.3) is 0 Å². The van der Waals surface area contributed by atoms with Gasteiger partial charge in [-0.15, -0.1) is 0 Å². The fourth-order valence-electron chi connectivity index (χ4n) is 2.69. The van der Waals surface area contributed by atoms with E-state index in [0.717, 1.165) is 32.1 Å². The monoisotopic (exact) mass is 300 g/mol. The molecule has 1 N–H and O–H groups in total. The zero-order chi connectivity index (χ0) is 14.5. The molecule has 0 bridgehead atoms. The molecule has 1 fully saturated rings. The number of rotatable bonds is 8. The van der Waals surface area contributed by atoms with Gasteiger partial charge in [0.15, 0.2) is 0 Å². The molecular weight excluding hydrogens is 276 g/mol. The van der Waals surface area contributed by atoms with Crippen LogP contribution >= 0.6 is 11.3 Å². The molecule has 1 aliphatic carbocycles. The van der Waals surface area contributed by atoms with Crippen LogP contribution in [0.5, 0.6) is 0 Å². The van der Waals surface area contributed by atoms with Crippen LogP contribution in [0.1, 0.15) is 29.5 Å². The fraction of sp³-hybridized carbons (Fsp3) is 0.444. The van der Waals surface area contributed by atoms with Gasteiger partial charge in [-0.1, -0.05) is 24.3 Å². The van der Waals surface area contributed by atoms with Crippen molar-refractivity contribution in [2.24, 2.45) is 0 Å². The van der Waals surface area contributed by atoms with Crippen LogP contribution in [0.15, 0.2) is 41.1 Å². The summed E-state index contributed by atoms with van der Waals surface area (Å²) in [5.74, 6) is 0. The topological polar surface area (TPSA) is 15.3 Å². The van der Waals surface area contributed by atoms with E-state index in [4.69, 9.17) is 0 Å². The lowest BCUT2D eigenvalue weighted by Crippen LogP contribution is -2.24. The van der Waals surface area contributed by atoms with Crippen LogP contribution in [0.3, 0.4) is 0 Å². The minimum absolute atomic E-state index is 0.800. The van der Waals surface area contributed by atoms with Gasteiger partial charge in [0.05, 0.1) is 0 Å². The first-order chi connectivity index (χ1) is 10.3. The third-order valence-corrected chi connectivity index (χ3v) is 4.83. The average Bonchev–Trinajstić information content (AvgIpc) is 3.24. The Labute approximate surface area is 131 Å². The van der Waals surface area contributed by atoms with Gasteiger partial charge in [0.2, 0.25) is 0 Å². The number of thiophene rings is 1. The molecule has 0 amide bonds. The highest BCUT2D eigenvalue weighted by Gasteiger charge is 2.28. The van der Waals surface area contributed by atoms with Crippen LogP contribution in [0.4, 0.5) is 0 Å². The second-order valence-electron chi connectivity index (χ2n) is 5.94. The maximum atomic E-state index is 3.20. The van der Waals surface area contributed by atoms with Crippen molar-refractivity contribution in [2.75, 3.05) is 13.6 Å². The molecule has 0 radical (unpaired) electrons. The van der Waals surface area contributed by atoms with Crippen LogP contribution in [0.2, 0.25) is 0 Å². The van der Waals surface area contributed by atoms with E-state index in [0.29, 0.717) is 0 Å². The molecule has 1 aromatic carbocycles. The number of nitrogens with one attached hydrogen (secondary N) is 1. The van der Waals surface area contributed by atoms with Gasteiger partial charge < -0.3 is 5.32 Å². The highest BCUT2D eigenvalue weighted by Crippen LogP contribution is 2.30. The molecule has 112 valence electrons. The zero-order valence-corrected chi connectivity index (χ0v) is 13.5. The Bertz CT molecular complexity index is 529. The fourth-order valence-corrected chi connectivity index (χ4v) is 3.35. The Kier molecular flexibility index (Phi) is 5.07. The molecule has 21 heavy (non-hydrogen) atoms. The van der Waals surface area contributed by atoms with Crippen molar-refractivity contribution < 1.29 is 0 Å². The van der Waals surface area contributed by atoms with Crippen molar-refractivity contribution in [1.29, 1.82) is 0 Å². The molecule has 0 aliphatic heterocycles. The molecule has 3 rings (SSSR count). The molecule has 1 saturated carbocycles. The Morgan fingerprint density at radius 2 is 1.76 bits per heavy atom. The SMILES string of the molecule is CNCCc1ccc(CN(Cc2ccsc2)C2CC2)cc1. The highest BCUT2D eigenvalue weighted by atomic mass is 32.1. The van der Waals surface area contributed by atoms with E-state index in [2.05, 4.69) is 51.3 Å². The number of benzene rings is 1. The van der Waals surface area contributed by atoms with Crippen molar-refractivity contribution in [3.05, 3.63) is 57.8 Å². The van der Waals surface area contributed by atoms with E-state index in [9.17, 15) is 0 Å². The predicted octanol–water partition coefficient (Wildman–Crippen LogP) is 3.67. The zero-order valence-electron chi connectivity index (χ0n) is 12.7. The summed E-state index contributed by atoms with van der Waals surface area (Å²) < 4.78 is 0. The van der Waals surface area contributed by atoms with Gasteiger partial charge >= 0.3 is 0 Å². The summed E-state index contributed by atoms with van der Waals surface area (Å²) in [6.45, 7) is 3.22. The summed E-state index contributed by atoms with van der Waals surface area (Å²) in [5.41, 5.74) is 4.31. The summed E-state index contributed by atoms with van der Waals surface area (Å²) in [6.07, 6.45) is 3.84. The highest BCUT2D eigenvalue weighted by molar-refractivity contribution is 7.07. The summed E-state index contributed by atoms with van der Waals surface area (Å²) in [7, 11) is 2.01. The third kappa shape index (κ3) is 4.40. The number of hydrogen-bond acceptors (Lipinski definition) is 3. The lowest BCUT2D eigenvalue weighted by Gasteiger charge is -2.21. The van der Waals surface area contributed by atoms with E-state index in [1.165, 1.54) is 29.5 Å². The van der Waals surface area contributed by atoms with Crippen molar-refractivity contribution in [2.45, 2.75) is 38.4 Å². The molecule has 1 aliphatic rings. The Hall–Kier alpha value is -1.16. The van der Waals surface area contributed by atoms with E-state index in [-0.39, 0.29) is 0 Å². The van der Waals surface area contributed by atoms with Gasteiger partial charge in [-0.25, -0.2) is 0 Å². The Balaban J connectivity index is 1.60. The molecule has 0 atom stereocenters. The van der Waals surface area contributed by atoms with Crippen molar-refractivity contribution in [3.63, 3.8) is 0 Å². The van der Waals surface area contributed by atoms with Gasteiger partial charge in [-0.05, 0) is 66.4 Å². The largest absolute Gasteiger partial charge is 0.319 e. The summed E-state index contributed by atoms with van der Waals surface area (Å²) in [4.78, 5) is 2.63. The normalized spacial score (nSPS) is 14.8. The van der Waals surface area contributed by atoms with Crippen molar-refractivity contribution in [3.8, 4) is 0 Å². The van der Waals surface area contributed by atoms with Crippen LogP contribution in [-0.2, 0) is 19.5 Å². The van der Waals surface area contributed by atoms with E-state index in [1.54, 1.807) is 11.3 Å². The number of nitrogens with zero attached hydrogens (tertiary/aromatic N) is 1. The van der Waals surface area contributed by atoms with E-state index in [1.807, 2.05) is 7.05 Å². The molecular formula is C18H24N2S. The minimum Gasteiger partial charge on any atom is -0.319 e. The van der Waals surface area contributed by atoms with Gasteiger partial charge in [-0.3, -0.25) is 4.90 Å². The molecule has 2 nitrogen and oxygen atoms in total. The van der Waals surface area contributed by atoms with E-state index < -0.39 is 0 Å². The lowest BCUT2D eigenvalue weighted by molar-refractivity contribution is 0.246. The number of likely N-dealkylation sites (N-methyl/N-ethyl adjacent to an activating group) is 1. The molecule has 2 aromatic rings. The quantitative estimate of drug-likeness (QED) is 0.800. The lowest BCUT2D eigenvalue weighted by atomic mass is 10.1. The standard InChI is InChI=1S/C18H24N2S/c1-19-10-8-15-2-4-16(5-3-15)12-20(18-6-7-18)13-17-9-11-21-14-17/h2-5,9,11,14,18-19H,6-8,10,12-13H2,1H3. The molecule has 0 unspecified atom stereocenters. The second kappa shape index (κ2) is 7.21. The molecule has 1 heterocycles. The summed E-state index contributed by atoms with van der Waals surface area (Å²) in [5, 5.41) is 7.66. The van der Waals surface area contributed by atoms with Crippen LogP contribution < -0.4 is 5.32 Å². The van der Waals surface area contributed by atoms with Gasteiger partial charge in [0, 0.05) is 19.1 Å². The minimum atomic E-state index is 0.800. The molecule has 3 heteroatoms. The maximum Gasteiger partial charge on any atom is 0.0248 e. The summed E-state index contributed by atoms with van der Waals surface area (Å²) >= 11 is 1.80. The summed E-state index contributed by atoms with van der Waals surface area (Å²) in [6, 6.07) is 12.2. The van der Waals surface area contributed by atoms with Crippen LogP contribution in [0, 0.1) is 0 Å². The van der Waals surface area contributed by atoms with Gasteiger partial charge in [0.1, 0.15) is 0 Å². The van der Waals surface area contributed by atoms with Crippen molar-refractivity contribution >= 4 is 11.3 Å². The predicted molar refractivity (Wildman–Crippen MR) is 90.7 cm³/mol.